The van der Waals surface area contributed by atoms with Crippen LogP contribution in [0.4, 0.5) is 5.69 Å². The van der Waals surface area contributed by atoms with Gasteiger partial charge in [-0.3, -0.25) is 4.79 Å². The van der Waals surface area contributed by atoms with Gasteiger partial charge in [-0.25, -0.2) is 12.7 Å². The first kappa shape index (κ1) is 31.0. The average Bonchev–Trinajstić information content (AvgIpc) is 3.03. The Kier molecular flexibility index (Phi) is 10.2. The number of hydrogen-bond donors (Lipinski definition) is 0. The Morgan fingerprint density at radius 3 is 2.14 bits per heavy atom. The maximum Gasteiger partial charge on any atom is 0.263 e. The summed E-state index contributed by atoms with van der Waals surface area (Å²) in [5, 5.41) is 0. The summed E-state index contributed by atoms with van der Waals surface area (Å²) in [7, 11) is 2.50. The maximum absolute atomic E-state index is 13.5. The minimum Gasteiger partial charge on any atom is -0.495 e. The summed E-state index contributed by atoms with van der Waals surface area (Å²) in [6.07, 6.45) is -0.113. The molecule has 4 rings (SSSR count). The molecule has 0 aliphatic carbocycles. The molecule has 1 amide bonds. The molecule has 3 aromatic carbocycles. The normalized spacial score (nSPS) is 14.4. The fourth-order valence-electron chi connectivity index (χ4n) is 4.88. The number of carbonyl (C=O) groups excluding carboxylic acids is 1. The number of amides is 1. The number of ether oxygens (including phenoxy) is 4. The van der Waals surface area contributed by atoms with E-state index in [1.807, 2.05) is 53.4 Å². The zero-order valence-electron chi connectivity index (χ0n) is 24.8. The van der Waals surface area contributed by atoms with Crippen LogP contribution in [0.25, 0.3) is 0 Å². The number of rotatable bonds is 12. The average molecular weight is 598 g/mol. The van der Waals surface area contributed by atoms with Crippen molar-refractivity contribution >= 4 is 21.6 Å². The van der Waals surface area contributed by atoms with Gasteiger partial charge >= 0.3 is 0 Å². The summed E-state index contributed by atoms with van der Waals surface area (Å²) in [5.41, 5.74) is 1.61. The largest absolute Gasteiger partial charge is 0.495 e. The van der Waals surface area contributed by atoms with Gasteiger partial charge in [0.15, 0.2) is 17.6 Å². The molecule has 0 bridgehead atoms. The monoisotopic (exact) mass is 597 g/mol. The van der Waals surface area contributed by atoms with Gasteiger partial charge in [-0.15, -0.1) is 0 Å². The van der Waals surface area contributed by atoms with Crippen LogP contribution in [0, 0.1) is 0 Å². The number of sulfonamides is 1. The fraction of sp³-hybridized carbons (Fsp3) is 0.387. The van der Waals surface area contributed by atoms with E-state index in [1.165, 1.54) is 4.31 Å². The number of carbonyl (C=O) groups is 1. The molecule has 1 aliphatic rings. The van der Waals surface area contributed by atoms with Gasteiger partial charge in [0.2, 0.25) is 10.0 Å². The first-order chi connectivity index (χ1) is 20.2. The van der Waals surface area contributed by atoms with Crippen molar-refractivity contribution in [3.05, 3.63) is 72.3 Å². The number of anilines is 1. The molecule has 1 atom stereocenters. The van der Waals surface area contributed by atoms with Gasteiger partial charge in [0.1, 0.15) is 11.5 Å². The highest BCUT2D eigenvalue weighted by Gasteiger charge is 2.29. The third-order valence-electron chi connectivity index (χ3n) is 7.36. The van der Waals surface area contributed by atoms with Gasteiger partial charge < -0.3 is 28.7 Å². The molecule has 1 fully saturated rings. The predicted molar refractivity (Wildman–Crippen MR) is 161 cm³/mol. The van der Waals surface area contributed by atoms with Crippen LogP contribution in [-0.2, 0) is 21.2 Å². The zero-order chi connectivity index (χ0) is 30.3. The van der Waals surface area contributed by atoms with E-state index in [1.54, 1.807) is 58.4 Å². The molecule has 0 radical (unpaired) electrons. The van der Waals surface area contributed by atoms with Crippen molar-refractivity contribution in [2.75, 3.05) is 66.0 Å². The Balaban J connectivity index is 1.41. The second kappa shape index (κ2) is 13.8. The number of likely N-dealkylation sites (N-methyl/N-ethyl adjacent to an activating group) is 1. The lowest BCUT2D eigenvalue weighted by molar-refractivity contribution is -0.138. The number of para-hydroxylation sites is 1. The molecule has 0 saturated carbocycles. The minimum absolute atomic E-state index is 0.0853. The van der Waals surface area contributed by atoms with Crippen molar-refractivity contribution in [3.63, 3.8) is 0 Å². The highest BCUT2D eigenvalue weighted by molar-refractivity contribution is 7.89. The summed E-state index contributed by atoms with van der Waals surface area (Å²) in [6, 6.07) is 19.7. The van der Waals surface area contributed by atoms with Crippen molar-refractivity contribution in [2.45, 2.75) is 24.3 Å². The summed E-state index contributed by atoms with van der Waals surface area (Å²) in [6.45, 7) is 4.04. The molecule has 0 N–H and O–H groups in total. The number of hydrogen-bond acceptors (Lipinski definition) is 8. The van der Waals surface area contributed by atoms with Gasteiger partial charge in [0.05, 0.1) is 31.9 Å². The SMILES string of the molecule is COc1ccc(CCN(C)S(=O)(=O)c2ccc(OC)c(N3CCN(C(=O)C(C)Oc4ccccc4)CC3)c2)cc1OC. The van der Waals surface area contributed by atoms with Crippen molar-refractivity contribution in [3.8, 4) is 23.0 Å². The van der Waals surface area contributed by atoms with Crippen molar-refractivity contribution in [2.24, 2.45) is 0 Å². The summed E-state index contributed by atoms with van der Waals surface area (Å²) < 4.78 is 50.5. The van der Waals surface area contributed by atoms with Gasteiger partial charge in [-0.05, 0) is 61.4 Å². The van der Waals surface area contributed by atoms with E-state index in [2.05, 4.69) is 0 Å². The minimum atomic E-state index is -3.77. The van der Waals surface area contributed by atoms with Crippen molar-refractivity contribution < 1.29 is 32.2 Å². The van der Waals surface area contributed by atoms with Crippen LogP contribution in [-0.4, -0.2) is 90.7 Å². The lowest BCUT2D eigenvalue weighted by Gasteiger charge is -2.37. The Hall–Kier alpha value is -3.96. The summed E-state index contributed by atoms with van der Waals surface area (Å²) in [4.78, 5) is 17.0. The van der Waals surface area contributed by atoms with Crippen LogP contribution in [0.3, 0.4) is 0 Å². The topological polar surface area (TPSA) is 97.9 Å². The Bertz CT molecular complexity index is 1460. The molecule has 1 unspecified atom stereocenters. The molecule has 0 aromatic heterocycles. The predicted octanol–water partition coefficient (Wildman–Crippen LogP) is 3.69. The van der Waals surface area contributed by atoms with Gasteiger partial charge in [-0.2, -0.15) is 0 Å². The molecule has 0 spiro atoms. The molecule has 42 heavy (non-hydrogen) atoms. The van der Waals surface area contributed by atoms with Crippen molar-refractivity contribution in [1.29, 1.82) is 0 Å². The van der Waals surface area contributed by atoms with Gasteiger partial charge in [0, 0.05) is 39.8 Å². The van der Waals surface area contributed by atoms with E-state index in [9.17, 15) is 13.2 Å². The standard InChI is InChI=1S/C31H39N3O7S/c1-23(41-25-9-7-6-8-10-25)31(35)34-19-17-33(18-20-34)27-22-26(12-14-28(27)38-3)42(36,37)32(2)16-15-24-11-13-29(39-4)30(21-24)40-5/h6-14,21-23H,15-20H2,1-5H3. The smallest absolute Gasteiger partial charge is 0.263 e. The maximum atomic E-state index is 13.5. The highest BCUT2D eigenvalue weighted by Crippen LogP contribution is 2.33. The Labute approximate surface area is 248 Å². The molecule has 3 aromatic rings. The fourth-order valence-corrected chi connectivity index (χ4v) is 6.07. The van der Waals surface area contributed by atoms with E-state index in [4.69, 9.17) is 18.9 Å². The van der Waals surface area contributed by atoms with E-state index in [0.717, 1.165) is 5.56 Å². The third kappa shape index (κ3) is 7.08. The van der Waals surface area contributed by atoms with Gasteiger partial charge in [-0.1, -0.05) is 24.3 Å². The van der Waals surface area contributed by atoms with Crippen molar-refractivity contribution in [1.82, 2.24) is 9.21 Å². The van der Waals surface area contributed by atoms with Crippen LogP contribution < -0.4 is 23.8 Å². The van der Waals surface area contributed by atoms with Crippen LogP contribution in [0.2, 0.25) is 0 Å². The number of methoxy groups -OCH3 is 3. The van der Waals surface area contributed by atoms with E-state index >= 15 is 0 Å². The van der Waals surface area contributed by atoms with E-state index in [0.29, 0.717) is 61.3 Å². The first-order valence-electron chi connectivity index (χ1n) is 13.8. The summed E-state index contributed by atoms with van der Waals surface area (Å²) >= 11 is 0. The number of nitrogens with zero attached hydrogens (tertiary/aromatic N) is 3. The molecular formula is C31H39N3O7S. The number of benzene rings is 3. The zero-order valence-corrected chi connectivity index (χ0v) is 25.6. The second-order valence-corrected chi connectivity index (χ2v) is 12.0. The second-order valence-electron chi connectivity index (χ2n) is 9.99. The molecule has 11 heteroatoms. The third-order valence-corrected chi connectivity index (χ3v) is 9.21. The molecule has 1 saturated heterocycles. The Morgan fingerprint density at radius 2 is 1.50 bits per heavy atom. The molecule has 226 valence electrons. The van der Waals surface area contributed by atoms with Crippen LogP contribution in [0.1, 0.15) is 12.5 Å². The quantitative estimate of drug-likeness (QED) is 0.312. The van der Waals surface area contributed by atoms with Crippen LogP contribution in [0.5, 0.6) is 23.0 Å². The first-order valence-corrected chi connectivity index (χ1v) is 15.2. The molecule has 1 aliphatic heterocycles. The molecule has 10 nitrogen and oxygen atoms in total. The van der Waals surface area contributed by atoms with E-state index < -0.39 is 16.1 Å². The van der Waals surface area contributed by atoms with Gasteiger partial charge in [0.25, 0.3) is 5.91 Å². The molecular weight excluding hydrogens is 558 g/mol. The highest BCUT2D eigenvalue weighted by atomic mass is 32.2. The number of piperazine rings is 1. The summed E-state index contributed by atoms with van der Waals surface area (Å²) in [5.74, 6) is 2.35. The lowest BCUT2D eigenvalue weighted by Crippen LogP contribution is -2.52. The van der Waals surface area contributed by atoms with Crippen LogP contribution in [0.15, 0.2) is 71.6 Å². The van der Waals surface area contributed by atoms with Crippen LogP contribution >= 0.6 is 0 Å². The molecule has 1 heterocycles. The Morgan fingerprint density at radius 1 is 0.857 bits per heavy atom. The lowest BCUT2D eigenvalue weighted by atomic mass is 10.1. The van der Waals surface area contributed by atoms with E-state index in [-0.39, 0.29) is 17.3 Å².